The molecule has 7 heteroatoms. The van der Waals surface area contributed by atoms with Crippen molar-refractivity contribution in [3.63, 3.8) is 0 Å². The van der Waals surface area contributed by atoms with Crippen LogP contribution < -0.4 is 16.6 Å². The Balaban J connectivity index is 2.25. The molecule has 0 radical (unpaired) electrons. The molecular weight excluding hydrogens is 322 g/mol. The lowest BCUT2D eigenvalue weighted by atomic mass is 10.2. The zero-order valence-electron chi connectivity index (χ0n) is 11.1. The zero-order chi connectivity index (χ0) is 14.7. The monoisotopic (exact) mass is 335 g/mol. The molecule has 0 saturated heterocycles. The van der Waals surface area contributed by atoms with Gasteiger partial charge in [-0.25, -0.2) is 4.98 Å². The van der Waals surface area contributed by atoms with E-state index in [0.29, 0.717) is 17.1 Å². The van der Waals surface area contributed by atoms with Crippen LogP contribution in [0.3, 0.4) is 0 Å². The van der Waals surface area contributed by atoms with Crippen LogP contribution in [0.4, 0.5) is 11.5 Å². The second-order valence-corrected chi connectivity index (χ2v) is 5.09. The van der Waals surface area contributed by atoms with E-state index in [9.17, 15) is 4.79 Å². The normalized spacial score (nSPS) is 10.2. The van der Waals surface area contributed by atoms with Crippen LogP contribution in [0.2, 0.25) is 0 Å². The molecule has 0 spiro atoms. The van der Waals surface area contributed by atoms with Crippen LogP contribution in [0.15, 0.2) is 28.9 Å². The highest BCUT2D eigenvalue weighted by Gasteiger charge is 2.13. The molecule has 0 bridgehead atoms. The van der Waals surface area contributed by atoms with Crippen LogP contribution in [-0.2, 0) is 0 Å². The van der Waals surface area contributed by atoms with Crippen molar-refractivity contribution >= 4 is 33.3 Å². The van der Waals surface area contributed by atoms with Crippen LogP contribution >= 0.6 is 15.9 Å². The van der Waals surface area contributed by atoms with E-state index in [-0.39, 0.29) is 5.91 Å². The molecule has 0 fully saturated rings. The predicted molar refractivity (Wildman–Crippen MR) is 81.4 cm³/mol. The van der Waals surface area contributed by atoms with E-state index < -0.39 is 0 Å². The van der Waals surface area contributed by atoms with E-state index in [0.717, 1.165) is 15.9 Å². The summed E-state index contributed by atoms with van der Waals surface area (Å²) >= 11 is 3.36. The smallest absolute Gasteiger partial charge is 0.260 e. The number of nitrogens with zero attached hydrogens (tertiary/aromatic N) is 2. The molecule has 0 unspecified atom stereocenters. The third kappa shape index (κ3) is 3.12. The van der Waals surface area contributed by atoms with Crippen molar-refractivity contribution in [2.24, 2.45) is 5.84 Å². The number of rotatable bonds is 3. The van der Waals surface area contributed by atoms with Gasteiger partial charge in [0.05, 0.1) is 16.9 Å². The van der Waals surface area contributed by atoms with Gasteiger partial charge in [0.25, 0.3) is 5.91 Å². The predicted octanol–water partition coefficient (Wildman–Crippen LogP) is 2.39. The topological polar surface area (TPSA) is 92.9 Å². The van der Waals surface area contributed by atoms with Crippen LogP contribution in [0.5, 0.6) is 0 Å². The number of hydrazine groups is 1. The summed E-state index contributed by atoms with van der Waals surface area (Å²) in [6, 6.07) is 5.24. The highest BCUT2D eigenvalue weighted by atomic mass is 79.9. The lowest BCUT2D eigenvalue weighted by Gasteiger charge is -2.10. The summed E-state index contributed by atoms with van der Waals surface area (Å²) in [5, 5.41) is 2.71. The average molecular weight is 336 g/mol. The van der Waals surface area contributed by atoms with Gasteiger partial charge in [-0.15, -0.1) is 0 Å². The summed E-state index contributed by atoms with van der Waals surface area (Å²) in [5.74, 6) is 5.57. The Morgan fingerprint density at radius 1 is 1.35 bits per heavy atom. The van der Waals surface area contributed by atoms with Gasteiger partial charge in [-0.2, -0.15) is 0 Å². The van der Waals surface area contributed by atoms with Gasteiger partial charge in [0.15, 0.2) is 0 Å². The quantitative estimate of drug-likeness (QED) is 0.591. The molecule has 2 heterocycles. The molecule has 4 N–H and O–H groups in total. The fourth-order valence-electron chi connectivity index (χ4n) is 1.66. The molecule has 0 atom stereocenters. The van der Waals surface area contributed by atoms with E-state index >= 15 is 0 Å². The third-order valence-corrected chi connectivity index (χ3v) is 3.54. The lowest BCUT2D eigenvalue weighted by Crippen LogP contribution is -2.18. The highest BCUT2D eigenvalue weighted by molar-refractivity contribution is 9.10. The van der Waals surface area contributed by atoms with Gasteiger partial charge in [-0.1, -0.05) is 0 Å². The number of carbonyl (C=O) groups excluding carboxylic acids is 1. The number of amides is 1. The molecule has 1 amide bonds. The SMILES string of the molecule is Cc1cc(NN)c(C(=O)Nc2ccc(Br)c(C)n2)cn1. The van der Waals surface area contributed by atoms with Gasteiger partial charge in [-0.05, 0) is 48.0 Å². The molecule has 0 aliphatic carbocycles. The highest BCUT2D eigenvalue weighted by Crippen LogP contribution is 2.19. The van der Waals surface area contributed by atoms with Crippen molar-refractivity contribution in [2.45, 2.75) is 13.8 Å². The number of pyridine rings is 2. The molecule has 2 aromatic heterocycles. The molecule has 0 aliphatic heterocycles. The second kappa shape index (κ2) is 5.98. The van der Waals surface area contributed by atoms with Gasteiger partial charge in [0, 0.05) is 16.4 Å². The number of aromatic nitrogens is 2. The zero-order valence-corrected chi connectivity index (χ0v) is 12.7. The number of nitrogen functional groups attached to an aromatic ring is 1. The standard InChI is InChI=1S/C13H14BrN5O/c1-7-5-11(19-15)9(6-16-7)13(20)18-12-4-3-10(14)8(2)17-12/h3-6H,15H2,1-2H3,(H,16,19)(H,17,18,20). The van der Waals surface area contributed by atoms with Gasteiger partial charge in [0.2, 0.25) is 0 Å². The summed E-state index contributed by atoms with van der Waals surface area (Å²) in [6.45, 7) is 3.67. The minimum absolute atomic E-state index is 0.320. The molecular formula is C13H14BrN5O. The van der Waals surface area contributed by atoms with E-state index in [1.165, 1.54) is 6.20 Å². The first-order valence-electron chi connectivity index (χ1n) is 5.89. The third-order valence-electron chi connectivity index (χ3n) is 2.70. The maximum absolute atomic E-state index is 12.2. The largest absolute Gasteiger partial charge is 0.323 e. The second-order valence-electron chi connectivity index (χ2n) is 4.23. The average Bonchev–Trinajstić information content (AvgIpc) is 2.42. The summed E-state index contributed by atoms with van der Waals surface area (Å²) in [7, 11) is 0. The molecule has 0 saturated carbocycles. The van der Waals surface area contributed by atoms with Gasteiger partial charge >= 0.3 is 0 Å². The number of hydrogen-bond donors (Lipinski definition) is 3. The Morgan fingerprint density at radius 3 is 2.75 bits per heavy atom. The van der Waals surface area contributed by atoms with E-state index in [1.54, 1.807) is 12.1 Å². The van der Waals surface area contributed by atoms with Crippen molar-refractivity contribution in [2.75, 3.05) is 10.7 Å². The van der Waals surface area contributed by atoms with Crippen LogP contribution in [0, 0.1) is 13.8 Å². The van der Waals surface area contributed by atoms with Crippen molar-refractivity contribution in [1.29, 1.82) is 0 Å². The van der Waals surface area contributed by atoms with Crippen LogP contribution in [0.25, 0.3) is 0 Å². The van der Waals surface area contributed by atoms with Gasteiger partial charge in [-0.3, -0.25) is 15.6 Å². The minimum atomic E-state index is -0.320. The van der Waals surface area contributed by atoms with Crippen molar-refractivity contribution in [1.82, 2.24) is 9.97 Å². The number of nitrogens with two attached hydrogens (primary N) is 1. The van der Waals surface area contributed by atoms with E-state index in [2.05, 4.69) is 36.6 Å². The fourth-order valence-corrected chi connectivity index (χ4v) is 1.88. The number of nitrogens with one attached hydrogen (secondary N) is 2. The first-order chi connectivity index (χ1) is 9.51. The molecule has 0 aromatic carbocycles. The molecule has 6 nitrogen and oxygen atoms in total. The Labute approximate surface area is 124 Å². The number of hydrogen-bond acceptors (Lipinski definition) is 5. The minimum Gasteiger partial charge on any atom is -0.323 e. The van der Waals surface area contributed by atoms with Crippen molar-refractivity contribution < 1.29 is 4.79 Å². The first-order valence-corrected chi connectivity index (χ1v) is 6.68. The number of carbonyl (C=O) groups is 1. The molecule has 20 heavy (non-hydrogen) atoms. The summed E-state index contributed by atoms with van der Waals surface area (Å²) in [5.41, 5.74) is 4.94. The van der Waals surface area contributed by atoms with Crippen LogP contribution in [0.1, 0.15) is 21.7 Å². The Kier molecular flexibility index (Phi) is 4.31. The maximum Gasteiger partial charge on any atom is 0.260 e. The molecule has 0 aliphatic rings. The Bertz CT molecular complexity index is 659. The lowest BCUT2D eigenvalue weighted by molar-refractivity contribution is 0.102. The van der Waals surface area contributed by atoms with Crippen molar-refractivity contribution in [3.8, 4) is 0 Å². The number of anilines is 2. The van der Waals surface area contributed by atoms with Crippen LogP contribution in [-0.4, -0.2) is 15.9 Å². The maximum atomic E-state index is 12.2. The Morgan fingerprint density at radius 2 is 2.10 bits per heavy atom. The van der Waals surface area contributed by atoms with Crippen molar-refractivity contribution in [3.05, 3.63) is 45.8 Å². The van der Waals surface area contributed by atoms with Gasteiger partial charge < -0.3 is 10.7 Å². The molecule has 2 aromatic rings. The molecule has 104 valence electrons. The first kappa shape index (κ1) is 14.4. The van der Waals surface area contributed by atoms with Gasteiger partial charge in [0.1, 0.15) is 5.82 Å². The van der Waals surface area contributed by atoms with E-state index in [4.69, 9.17) is 5.84 Å². The molecule has 2 rings (SSSR count). The summed E-state index contributed by atoms with van der Waals surface area (Å²) in [4.78, 5) is 20.6. The summed E-state index contributed by atoms with van der Waals surface area (Å²) in [6.07, 6.45) is 1.48. The fraction of sp³-hybridized carbons (Fsp3) is 0.154. The number of halogens is 1. The summed E-state index contributed by atoms with van der Waals surface area (Å²) < 4.78 is 0.886. The van der Waals surface area contributed by atoms with E-state index in [1.807, 2.05) is 19.9 Å². The Hall–Kier alpha value is -1.99. The number of aryl methyl sites for hydroxylation is 2.